The van der Waals surface area contributed by atoms with Crippen LogP contribution in [0, 0.1) is 12.8 Å². The molecular formula is C15H18O4. The Bertz CT molecular complexity index is 519. The highest BCUT2D eigenvalue weighted by Crippen LogP contribution is 2.31. The van der Waals surface area contributed by atoms with Crippen molar-refractivity contribution in [3.8, 4) is 5.75 Å². The quantitative estimate of drug-likeness (QED) is 0.848. The summed E-state index contributed by atoms with van der Waals surface area (Å²) in [4.78, 5) is 22.8. The zero-order valence-electron chi connectivity index (χ0n) is 11.2. The van der Waals surface area contributed by atoms with Gasteiger partial charge in [0, 0.05) is 12.3 Å². The molecule has 1 unspecified atom stereocenters. The molecule has 1 aliphatic carbocycles. The van der Waals surface area contributed by atoms with Gasteiger partial charge in [0.05, 0.1) is 13.5 Å². The van der Waals surface area contributed by atoms with E-state index in [4.69, 9.17) is 9.84 Å². The van der Waals surface area contributed by atoms with E-state index in [9.17, 15) is 9.59 Å². The van der Waals surface area contributed by atoms with Gasteiger partial charge in [0.25, 0.3) is 0 Å². The Labute approximate surface area is 112 Å². The van der Waals surface area contributed by atoms with Crippen LogP contribution in [0.15, 0.2) is 12.1 Å². The van der Waals surface area contributed by atoms with Gasteiger partial charge in [0.15, 0.2) is 0 Å². The third kappa shape index (κ3) is 2.78. The summed E-state index contributed by atoms with van der Waals surface area (Å²) in [5.41, 5.74) is 3.28. The molecule has 0 amide bonds. The highest BCUT2D eigenvalue weighted by atomic mass is 16.5. The summed E-state index contributed by atoms with van der Waals surface area (Å²) in [6.45, 7) is 1.99. The molecule has 4 heteroatoms. The normalized spacial score (nSPS) is 18.6. The lowest BCUT2D eigenvalue weighted by Crippen LogP contribution is -2.19. The minimum absolute atomic E-state index is 0.0527. The molecule has 0 saturated carbocycles. The average Bonchev–Trinajstić information content (AvgIpc) is 2.50. The van der Waals surface area contributed by atoms with Gasteiger partial charge in [-0.05, 0) is 42.5 Å². The molecule has 0 bridgehead atoms. The Balaban J connectivity index is 2.35. The number of benzene rings is 1. The fraction of sp³-hybridized carbons (Fsp3) is 0.467. The summed E-state index contributed by atoms with van der Waals surface area (Å²) in [7, 11) is 1.63. The van der Waals surface area contributed by atoms with Crippen molar-refractivity contribution in [1.29, 1.82) is 0 Å². The number of fused-ring (bicyclic) bond motifs is 1. The Hall–Kier alpha value is -1.84. The van der Waals surface area contributed by atoms with E-state index in [-0.39, 0.29) is 12.2 Å². The Morgan fingerprint density at radius 3 is 2.79 bits per heavy atom. The minimum atomic E-state index is -0.910. The number of aliphatic carboxylic acids is 1. The molecule has 19 heavy (non-hydrogen) atoms. The maximum atomic E-state index is 12.0. The van der Waals surface area contributed by atoms with Crippen molar-refractivity contribution in [2.24, 2.45) is 5.92 Å². The fourth-order valence-corrected chi connectivity index (χ4v) is 2.78. The monoisotopic (exact) mass is 262 g/mol. The topological polar surface area (TPSA) is 63.6 Å². The van der Waals surface area contributed by atoms with Gasteiger partial charge in [-0.15, -0.1) is 0 Å². The minimum Gasteiger partial charge on any atom is -0.496 e. The number of carbonyl (C=O) groups is 2. The number of carbonyl (C=O) groups excluding carboxylic acids is 1. The molecule has 1 aromatic carbocycles. The fourth-order valence-electron chi connectivity index (χ4n) is 2.78. The Morgan fingerprint density at radius 2 is 2.16 bits per heavy atom. The van der Waals surface area contributed by atoms with Crippen LogP contribution in [0.4, 0.5) is 0 Å². The molecule has 0 aromatic heterocycles. The third-order valence-corrected chi connectivity index (χ3v) is 3.83. The number of ether oxygens (including phenoxy) is 1. The highest BCUT2D eigenvalue weighted by molar-refractivity contribution is 5.86. The number of rotatable bonds is 3. The van der Waals surface area contributed by atoms with E-state index in [2.05, 4.69) is 0 Å². The van der Waals surface area contributed by atoms with E-state index < -0.39 is 11.9 Å². The van der Waals surface area contributed by atoms with E-state index in [0.717, 1.165) is 22.4 Å². The molecule has 1 aliphatic rings. The summed E-state index contributed by atoms with van der Waals surface area (Å²) in [6, 6.07) is 3.84. The summed E-state index contributed by atoms with van der Waals surface area (Å²) in [6.07, 6.45) is 1.53. The zero-order valence-corrected chi connectivity index (χ0v) is 11.2. The first-order valence-corrected chi connectivity index (χ1v) is 6.42. The second-order valence-corrected chi connectivity index (χ2v) is 5.00. The average molecular weight is 262 g/mol. The van der Waals surface area contributed by atoms with Crippen molar-refractivity contribution < 1.29 is 19.4 Å². The molecule has 1 aromatic rings. The van der Waals surface area contributed by atoms with Crippen molar-refractivity contribution >= 4 is 11.8 Å². The first kappa shape index (κ1) is 13.6. The van der Waals surface area contributed by atoms with E-state index in [1.807, 2.05) is 19.1 Å². The molecule has 4 nitrogen and oxygen atoms in total. The van der Waals surface area contributed by atoms with E-state index in [1.54, 1.807) is 7.11 Å². The van der Waals surface area contributed by atoms with Crippen LogP contribution in [0.1, 0.15) is 29.5 Å². The zero-order chi connectivity index (χ0) is 14.0. The first-order valence-electron chi connectivity index (χ1n) is 6.42. The third-order valence-electron chi connectivity index (χ3n) is 3.83. The molecule has 2 rings (SSSR count). The molecule has 102 valence electrons. The molecule has 1 atom stereocenters. The van der Waals surface area contributed by atoms with Crippen LogP contribution in [-0.4, -0.2) is 24.0 Å². The lowest BCUT2D eigenvalue weighted by atomic mass is 9.92. The summed E-state index contributed by atoms with van der Waals surface area (Å²) >= 11 is 0. The number of carboxylic acid groups (broad SMARTS) is 1. The lowest BCUT2D eigenvalue weighted by Gasteiger charge is -2.14. The first-order chi connectivity index (χ1) is 9.02. The van der Waals surface area contributed by atoms with Gasteiger partial charge in [0.2, 0.25) is 0 Å². The maximum absolute atomic E-state index is 12.0. The van der Waals surface area contributed by atoms with Crippen LogP contribution in [0.5, 0.6) is 5.75 Å². The van der Waals surface area contributed by atoms with Crippen molar-refractivity contribution in [3.05, 3.63) is 28.8 Å². The van der Waals surface area contributed by atoms with Crippen LogP contribution in [-0.2, 0) is 22.4 Å². The Morgan fingerprint density at radius 1 is 1.42 bits per heavy atom. The van der Waals surface area contributed by atoms with Crippen molar-refractivity contribution in [2.75, 3.05) is 7.11 Å². The molecular weight excluding hydrogens is 244 g/mol. The number of methoxy groups -OCH3 is 1. The SMILES string of the molecule is COc1ccc2c(c1C)CCC(=O)C(CC(=O)O)C2. The van der Waals surface area contributed by atoms with Gasteiger partial charge < -0.3 is 9.84 Å². The van der Waals surface area contributed by atoms with Crippen LogP contribution >= 0.6 is 0 Å². The van der Waals surface area contributed by atoms with Crippen LogP contribution in [0.2, 0.25) is 0 Å². The molecule has 0 heterocycles. The van der Waals surface area contributed by atoms with Crippen molar-refractivity contribution in [1.82, 2.24) is 0 Å². The van der Waals surface area contributed by atoms with E-state index >= 15 is 0 Å². The molecule has 0 radical (unpaired) electrons. The highest BCUT2D eigenvalue weighted by Gasteiger charge is 2.27. The summed E-state index contributed by atoms with van der Waals surface area (Å²) in [5, 5.41) is 8.89. The number of hydrogen-bond acceptors (Lipinski definition) is 3. The maximum Gasteiger partial charge on any atom is 0.304 e. The summed E-state index contributed by atoms with van der Waals surface area (Å²) in [5.74, 6) is -0.432. The molecule has 0 fully saturated rings. The molecule has 0 aliphatic heterocycles. The summed E-state index contributed by atoms with van der Waals surface area (Å²) < 4.78 is 5.29. The van der Waals surface area contributed by atoms with Gasteiger partial charge in [-0.2, -0.15) is 0 Å². The van der Waals surface area contributed by atoms with Crippen LogP contribution in [0.3, 0.4) is 0 Å². The van der Waals surface area contributed by atoms with Gasteiger partial charge in [-0.3, -0.25) is 9.59 Å². The number of carboxylic acids is 1. The van der Waals surface area contributed by atoms with Crippen molar-refractivity contribution in [3.63, 3.8) is 0 Å². The van der Waals surface area contributed by atoms with Crippen LogP contribution < -0.4 is 4.74 Å². The van der Waals surface area contributed by atoms with Crippen LogP contribution in [0.25, 0.3) is 0 Å². The van der Waals surface area contributed by atoms with Crippen molar-refractivity contribution in [2.45, 2.75) is 32.6 Å². The smallest absolute Gasteiger partial charge is 0.304 e. The van der Waals surface area contributed by atoms with E-state index in [0.29, 0.717) is 19.3 Å². The second kappa shape index (κ2) is 5.43. The van der Waals surface area contributed by atoms with E-state index in [1.165, 1.54) is 0 Å². The van der Waals surface area contributed by atoms with Gasteiger partial charge in [0.1, 0.15) is 11.5 Å². The largest absolute Gasteiger partial charge is 0.496 e. The van der Waals surface area contributed by atoms with Gasteiger partial charge in [-0.25, -0.2) is 0 Å². The molecule has 1 N–H and O–H groups in total. The van der Waals surface area contributed by atoms with Gasteiger partial charge in [-0.1, -0.05) is 6.07 Å². The predicted molar refractivity (Wildman–Crippen MR) is 70.5 cm³/mol. The number of hydrogen-bond donors (Lipinski definition) is 1. The van der Waals surface area contributed by atoms with Gasteiger partial charge >= 0.3 is 5.97 Å². The molecule has 0 saturated heterocycles. The lowest BCUT2D eigenvalue weighted by molar-refractivity contribution is -0.140. The molecule has 0 spiro atoms. The standard InChI is InChI=1S/C15H18O4/c1-9-12-4-5-13(16)11(8-15(17)18)7-10(12)3-6-14(9)19-2/h3,6,11H,4-5,7-8H2,1-2H3,(H,17,18). The second-order valence-electron chi connectivity index (χ2n) is 5.00. The Kier molecular flexibility index (Phi) is 3.88. The number of ketones is 1. The predicted octanol–water partition coefficient (Wildman–Crippen LogP) is 2.15. The number of Topliss-reactive ketones (excluding diaryl/α,β-unsaturated/α-hetero) is 1.